The van der Waals surface area contributed by atoms with Crippen LogP contribution in [-0.4, -0.2) is 50.0 Å². The minimum Gasteiger partial charge on any atom is -0.352 e. The van der Waals surface area contributed by atoms with Crippen molar-refractivity contribution in [1.82, 2.24) is 10.2 Å². The Hall–Kier alpha value is -2.94. The van der Waals surface area contributed by atoms with Gasteiger partial charge >= 0.3 is 0 Å². The SMILES string of the molecule is CC[C@H](C(=O)NC(C)C)N(Cc1ccc(F)cc1)C(=O)CN(c1ccc(C23CC4CC(CC(C4)C2)C3)cc1)S(C)(=O)=O. The Kier molecular flexibility index (Phi) is 8.70. The van der Waals surface area contributed by atoms with E-state index in [-0.39, 0.29) is 23.9 Å². The van der Waals surface area contributed by atoms with Gasteiger partial charge in [-0.05, 0) is 117 Å². The summed E-state index contributed by atoms with van der Waals surface area (Å²) in [6.45, 7) is 5.10. The Balaban J connectivity index is 1.40. The number of sulfonamides is 1. The lowest BCUT2D eigenvalue weighted by Gasteiger charge is -2.57. The maximum atomic E-state index is 13.9. The average molecular weight is 598 g/mol. The lowest BCUT2D eigenvalue weighted by Crippen LogP contribution is -2.53. The molecule has 0 heterocycles. The average Bonchev–Trinajstić information content (AvgIpc) is 2.91. The maximum Gasteiger partial charge on any atom is 0.244 e. The Morgan fingerprint density at radius 3 is 1.98 bits per heavy atom. The summed E-state index contributed by atoms with van der Waals surface area (Å²) in [6, 6.07) is 12.6. The fourth-order valence-corrected chi connectivity index (χ4v) is 9.00. The molecule has 2 aromatic carbocycles. The maximum absolute atomic E-state index is 13.9. The van der Waals surface area contributed by atoms with Gasteiger partial charge in [-0.2, -0.15) is 0 Å². The van der Waals surface area contributed by atoms with Gasteiger partial charge in [0.1, 0.15) is 18.4 Å². The van der Waals surface area contributed by atoms with E-state index in [0.717, 1.165) is 28.3 Å². The van der Waals surface area contributed by atoms with Gasteiger partial charge in [0.15, 0.2) is 0 Å². The highest BCUT2D eigenvalue weighted by atomic mass is 32.2. The highest BCUT2D eigenvalue weighted by Crippen LogP contribution is 2.60. The summed E-state index contributed by atoms with van der Waals surface area (Å²) >= 11 is 0. The summed E-state index contributed by atoms with van der Waals surface area (Å²) in [5.41, 5.74) is 2.54. The first-order valence-electron chi connectivity index (χ1n) is 15.3. The van der Waals surface area contributed by atoms with Crippen molar-refractivity contribution in [2.45, 2.75) is 89.8 Å². The first-order valence-corrected chi connectivity index (χ1v) is 17.1. The van der Waals surface area contributed by atoms with Crippen molar-refractivity contribution in [2.75, 3.05) is 17.1 Å². The third-order valence-electron chi connectivity index (χ3n) is 9.57. The smallest absolute Gasteiger partial charge is 0.244 e. The predicted molar refractivity (Wildman–Crippen MR) is 163 cm³/mol. The molecular formula is C33H44FN3O4S. The predicted octanol–water partition coefficient (Wildman–Crippen LogP) is 5.39. The summed E-state index contributed by atoms with van der Waals surface area (Å²) in [7, 11) is -3.82. The monoisotopic (exact) mass is 597 g/mol. The van der Waals surface area contributed by atoms with Gasteiger partial charge in [-0.15, -0.1) is 0 Å². The van der Waals surface area contributed by atoms with Crippen molar-refractivity contribution in [3.8, 4) is 0 Å². The molecule has 0 aromatic heterocycles. The Morgan fingerprint density at radius 2 is 1.50 bits per heavy atom. The molecular weight excluding hydrogens is 553 g/mol. The van der Waals surface area contributed by atoms with Crippen LogP contribution in [-0.2, 0) is 31.6 Å². The van der Waals surface area contributed by atoms with Crippen LogP contribution >= 0.6 is 0 Å². The molecule has 1 atom stereocenters. The van der Waals surface area contributed by atoms with Gasteiger partial charge in [0.2, 0.25) is 21.8 Å². The summed E-state index contributed by atoms with van der Waals surface area (Å²) in [6.07, 6.45) is 9.12. The fraction of sp³-hybridized carbons (Fsp3) is 0.576. The zero-order valence-corrected chi connectivity index (χ0v) is 26.0. The van der Waals surface area contributed by atoms with Gasteiger partial charge < -0.3 is 10.2 Å². The Bertz CT molecular complexity index is 1360. The summed E-state index contributed by atoms with van der Waals surface area (Å²) < 4.78 is 40.8. The van der Waals surface area contributed by atoms with Crippen LogP contribution in [0.2, 0.25) is 0 Å². The molecule has 42 heavy (non-hydrogen) atoms. The number of anilines is 1. The highest BCUT2D eigenvalue weighted by Gasteiger charge is 2.51. The van der Waals surface area contributed by atoms with Crippen molar-refractivity contribution in [1.29, 1.82) is 0 Å². The first kappa shape index (κ1) is 30.5. The summed E-state index contributed by atoms with van der Waals surface area (Å²) in [5, 5.41) is 2.87. The molecule has 7 nitrogen and oxygen atoms in total. The molecule has 0 aliphatic heterocycles. The number of carbonyl (C=O) groups is 2. The largest absolute Gasteiger partial charge is 0.352 e. The molecule has 0 unspecified atom stereocenters. The number of nitrogens with one attached hydrogen (secondary N) is 1. The summed E-state index contributed by atoms with van der Waals surface area (Å²) in [4.78, 5) is 28.4. The molecule has 2 amide bonds. The number of hydrogen-bond acceptors (Lipinski definition) is 4. The number of rotatable bonds is 11. The van der Waals surface area contributed by atoms with E-state index in [1.165, 1.54) is 61.1 Å². The lowest BCUT2D eigenvalue weighted by atomic mass is 9.48. The molecule has 228 valence electrons. The zero-order valence-electron chi connectivity index (χ0n) is 25.2. The van der Waals surface area contributed by atoms with Crippen LogP contribution in [0.1, 0.15) is 76.8 Å². The number of nitrogens with zero attached hydrogens (tertiary/aromatic N) is 2. The van der Waals surface area contributed by atoms with Crippen molar-refractivity contribution in [2.24, 2.45) is 17.8 Å². The highest BCUT2D eigenvalue weighted by molar-refractivity contribution is 7.92. The molecule has 0 saturated heterocycles. The van der Waals surface area contributed by atoms with E-state index >= 15 is 0 Å². The van der Waals surface area contributed by atoms with Crippen LogP contribution in [0, 0.1) is 23.6 Å². The molecule has 0 radical (unpaired) electrons. The van der Waals surface area contributed by atoms with E-state index in [0.29, 0.717) is 17.7 Å². The van der Waals surface area contributed by atoms with Crippen LogP contribution in [0.15, 0.2) is 48.5 Å². The topological polar surface area (TPSA) is 86.8 Å². The van der Waals surface area contributed by atoms with Crippen LogP contribution < -0.4 is 9.62 Å². The van der Waals surface area contributed by atoms with E-state index in [1.807, 2.05) is 32.9 Å². The second-order valence-electron chi connectivity index (χ2n) is 13.2. The minimum atomic E-state index is -3.82. The van der Waals surface area contributed by atoms with Crippen molar-refractivity contribution < 1.29 is 22.4 Å². The Labute approximate surface area is 249 Å². The van der Waals surface area contributed by atoms with Gasteiger partial charge in [-0.25, -0.2) is 12.8 Å². The molecule has 4 fully saturated rings. The molecule has 0 spiro atoms. The quantitative estimate of drug-likeness (QED) is 0.376. The van der Waals surface area contributed by atoms with Gasteiger partial charge in [0, 0.05) is 12.6 Å². The van der Waals surface area contributed by atoms with Gasteiger partial charge in [-0.3, -0.25) is 13.9 Å². The fourth-order valence-electron chi connectivity index (χ4n) is 8.15. The Morgan fingerprint density at radius 1 is 0.952 bits per heavy atom. The molecule has 2 aromatic rings. The summed E-state index contributed by atoms with van der Waals surface area (Å²) in [5.74, 6) is 1.18. The molecule has 4 aliphatic rings. The number of benzene rings is 2. The second kappa shape index (κ2) is 12.0. The third-order valence-corrected chi connectivity index (χ3v) is 10.7. The molecule has 4 saturated carbocycles. The number of amides is 2. The van der Waals surface area contributed by atoms with Crippen LogP contribution in [0.5, 0.6) is 0 Å². The number of hydrogen-bond donors (Lipinski definition) is 1. The van der Waals surface area contributed by atoms with Crippen LogP contribution in [0.25, 0.3) is 0 Å². The molecule has 6 rings (SSSR count). The second-order valence-corrected chi connectivity index (χ2v) is 15.2. The van der Waals surface area contributed by atoms with Crippen molar-refractivity contribution >= 4 is 27.5 Å². The van der Waals surface area contributed by atoms with E-state index < -0.39 is 34.3 Å². The molecule has 1 N–H and O–H groups in total. The lowest BCUT2D eigenvalue weighted by molar-refractivity contribution is -0.140. The van der Waals surface area contributed by atoms with Gasteiger partial charge in [-0.1, -0.05) is 31.2 Å². The van der Waals surface area contributed by atoms with Crippen LogP contribution in [0.3, 0.4) is 0 Å². The third kappa shape index (κ3) is 6.51. The van der Waals surface area contributed by atoms with Crippen molar-refractivity contribution in [3.05, 3.63) is 65.5 Å². The standard InChI is InChI=1S/C33H44FN3O4S/c1-5-30(32(39)35-22(2)3)36(20-23-6-10-28(34)11-7-23)31(38)21-37(42(4,40)41)29-12-8-27(9-13-29)33-17-24-14-25(18-33)16-26(15-24)19-33/h6-13,22,24-26,30H,5,14-21H2,1-4H3,(H,35,39)/t24?,25?,26?,30-,33?/m1/s1. The number of halogens is 1. The van der Waals surface area contributed by atoms with E-state index in [1.54, 1.807) is 12.1 Å². The molecule has 9 heteroatoms. The number of carbonyl (C=O) groups excluding carboxylic acids is 2. The van der Waals surface area contributed by atoms with E-state index in [9.17, 15) is 22.4 Å². The first-order chi connectivity index (χ1) is 19.9. The van der Waals surface area contributed by atoms with Crippen LogP contribution in [0.4, 0.5) is 10.1 Å². The van der Waals surface area contributed by atoms with Gasteiger partial charge in [0.25, 0.3) is 0 Å². The van der Waals surface area contributed by atoms with Gasteiger partial charge in [0.05, 0.1) is 11.9 Å². The molecule has 4 bridgehead atoms. The van der Waals surface area contributed by atoms with Crippen molar-refractivity contribution in [3.63, 3.8) is 0 Å². The molecule has 4 aliphatic carbocycles. The zero-order chi connectivity index (χ0) is 30.2. The normalized spacial score (nSPS) is 25.3. The van der Waals surface area contributed by atoms with E-state index in [2.05, 4.69) is 17.4 Å². The van der Waals surface area contributed by atoms with E-state index in [4.69, 9.17) is 0 Å². The minimum absolute atomic E-state index is 0.0473.